The van der Waals surface area contributed by atoms with E-state index in [0.29, 0.717) is 28.3 Å². The Morgan fingerprint density at radius 1 is 1.26 bits per heavy atom. The summed E-state index contributed by atoms with van der Waals surface area (Å²) >= 11 is 7.62. The first kappa shape index (κ1) is 19.7. The second-order valence-electron chi connectivity index (χ2n) is 7.14. The number of benzene rings is 1. The van der Waals surface area contributed by atoms with E-state index < -0.39 is 0 Å². The van der Waals surface area contributed by atoms with Gasteiger partial charge in [0.25, 0.3) is 0 Å². The van der Waals surface area contributed by atoms with Gasteiger partial charge in [-0.2, -0.15) is 4.98 Å². The zero-order chi connectivity index (χ0) is 19.6. The summed E-state index contributed by atoms with van der Waals surface area (Å²) in [5.41, 5.74) is -0.153. The van der Waals surface area contributed by atoms with E-state index in [1.807, 2.05) is 57.5 Å². The van der Waals surface area contributed by atoms with Crippen LogP contribution < -0.4 is 4.74 Å². The third-order valence-electron chi connectivity index (χ3n) is 3.86. The molecule has 0 aliphatic carbocycles. The van der Waals surface area contributed by atoms with Crippen molar-refractivity contribution < 1.29 is 9.26 Å². The quantitative estimate of drug-likeness (QED) is 0.553. The first-order valence-corrected chi connectivity index (χ1v) is 9.78. The molecule has 3 rings (SSSR count). The molecule has 1 unspecified atom stereocenters. The Bertz CT molecular complexity index is 919. The van der Waals surface area contributed by atoms with Crippen LogP contribution in [0.3, 0.4) is 0 Å². The van der Waals surface area contributed by atoms with Crippen molar-refractivity contribution >= 4 is 23.4 Å². The topological polar surface area (TPSA) is 78.9 Å². The van der Waals surface area contributed by atoms with E-state index in [4.69, 9.17) is 20.9 Å². The second kappa shape index (κ2) is 7.90. The number of aromatic nitrogens is 5. The van der Waals surface area contributed by atoms with Crippen LogP contribution in [0.25, 0.3) is 0 Å². The van der Waals surface area contributed by atoms with Crippen LogP contribution in [0.15, 0.2) is 33.9 Å². The number of hydrogen-bond donors (Lipinski definition) is 0. The van der Waals surface area contributed by atoms with Crippen molar-refractivity contribution in [3.05, 3.63) is 46.8 Å². The molecule has 0 fully saturated rings. The van der Waals surface area contributed by atoms with Crippen molar-refractivity contribution in [2.24, 2.45) is 7.05 Å². The van der Waals surface area contributed by atoms with Gasteiger partial charge in [-0.1, -0.05) is 61.4 Å². The Labute approximate surface area is 167 Å². The van der Waals surface area contributed by atoms with E-state index in [-0.39, 0.29) is 17.3 Å². The summed E-state index contributed by atoms with van der Waals surface area (Å²) in [7, 11) is 1.90. The second-order valence-corrected chi connectivity index (χ2v) is 8.86. The normalized spacial score (nSPS) is 13.0. The predicted molar refractivity (Wildman–Crippen MR) is 104 cm³/mol. The van der Waals surface area contributed by atoms with Crippen LogP contribution in [0.5, 0.6) is 5.75 Å². The molecule has 0 saturated carbocycles. The zero-order valence-electron chi connectivity index (χ0n) is 15.9. The monoisotopic (exact) mass is 407 g/mol. The Kier molecular flexibility index (Phi) is 5.76. The molecule has 0 radical (unpaired) electrons. The molecule has 0 aliphatic heterocycles. The van der Waals surface area contributed by atoms with Gasteiger partial charge in [0.05, 0.1) is 10.3 Å². The van der Waals surface area contributed by atoms with Gasteiger partial charge in [0, 0.05) is 12.5 Å². The Morgan fingerprint density at radius 2 is 2.00 bits per heavy atom. The van der Waals surface area contributed by atoms with E-state index in [1.165, 1.54) is 11.8 Å². The third kappa shape index (κ3) is 4.62. The lowest BCUT2D eigenvalue weighted by molar-refractivity contribution is 0.290. The smallest absolute Gasteiger partial charge is 0.239 e. The standard InChI is InChI=1S/C18H22ClN5O2S/c1-11(15-20-16(23-26-15)18(2,3)4)27-17-22-21-14(24(17)5)10-25-13-9-7-6-8-12(13)19/h6-9,11H,10H2,1-5H3. The van der Waals surface area contributed by atoms with E-state index in [2.05, 4.69) is 20.3 Å². The number of thioether (sulfide) groups is 1. The maximum atomic E-state index is 6.11. The maximum Gasteiger partial charge on any atom is 0.239 e. The molecule has 1 atom stereocenters. The summed E-state index contributed by atoms with van der Waals surface area (Å²) in [4.78, 5) is 4.50. The van der Waals surface area contributed by atoms with Gasteiger partial charge in [0.15, 0.2) is 16.8 Å². The minimum atomic E-state index is -0.153. The van der Waals surface area contributed by atoms with Gasteiger partial charge in [0.1, 0.15) is 12.4 Å². The minimum Gasteiger partial charge on any atom is -0.484 e. The molecule has 0 saturated heterocycles. The van der Waals surface area contributed by atoms with Crippen molar-refractivity contribution in [1.82, 2.24) is 24.9 Å². The van der Waals surface area contributed by atoms with E-state index in [0.717, 1.165) is 5.16 Å². The lowest BCUT2D eigenvalue weighted by Gasteiger charge is -2.11. The summed E-state index contributed by atoms with van der Waals surface area (Å²) in [6, 6.07) is 7.33. The van der Waals surface area contributed by atoms with Gasteiger partial charge in [-0.3, -0.25) is 0 Å². The van der Waals surface area contributed by atoms with Gasteiger partial charge in [-0.15, -0.1) is 10.2 Å². The number of para-hydroxylation sites is 1. The highest BCUT2D eigenvalue weighted by Gasteiger charge is 2.24. The predicted octanol–water partition coefficient (Wildman–Crippen LogP) is 4.58. The van der Waals surface area contributed by atoms with Crippen LogP contribution in [0, 0.1) is 0 Å². The SMILES string of the molecule is CC(Sc1nnc(COc2ccccc2Cl)n1C)c1nc(C(C)(C)C)no1. The van der Waals surface area contributed by atoms with Crippen molar-refractivity contribution in [1.29, 1.82) is 0 Å². The average molecular weight is 408 g/mol. The molecule has 7 nitrogen and oxygen atoms in total. The number of ether oxygens (including phenoxy) is 1. The molecule has 9 heteroatoms. The lowest BCUT2D eigenvalue weighted by atomic mass is 9.96. The summed E-state index contributed by atoms with van der Waals surface area (Å²) in [6.07, 6.45) is 0. The third-order valence-corrected chi connectivity index (χ3v) is 5.29. The molecular formula is C18H22ClN5O2S. The first-order valence-electron chi connectivity index (χ1n) is 8.52. The van der Waals surface area contributed by atoms with Crippen molar-refractivity contribution in [2.45, 2.75) is 50.1 Å². The van der Waals surface area contributed by atoms with Crippen LogP contribution in [0.1, 0.15) is 50.5 Å². The zero-order valence-corrected chi connectivity index (χ0v) is 17.5. The fraction of sp³-hybridized carbons (Fsp3) is 0.444. The van der Waals surface area contributed by atoms with Crippen molar-refractivity contribution in [2.75, 3.05) is 0 Å². The maximum absolute atomic E-state index is 6.11. The molecule has 0 spiro atoms. The molecule has 0 N–H and O–H groups in total. The molecular weight excluding hydrogens is 386 g/mol. The fourth-order valence-electron chi connectivity index (χ4n) is 2.19. The molecule has 144 valence electrons. The van der Waals surface area contributed by atoms with Gasteiger partial charge >= 0.3 is 0 Å². The average Bonchev–Trinajstić information content (AvgIpc) is 3.23. The number of rotatable bonds is 6. The molecule has 3 aromatic rings. The molecule has 0 aliphatic rings. The summed E-state index contributed by atoms with van der Waals surface area (Å²) < 4.78 is 13.0. The highest BCUT2D eigenvalue weighted by atomic mass is 35.5. The van der Waals surface area contributed by atoms with E-state index in [9.17, 15) is 0 Å². The highest BCUT2D eigenvalue weighted by molar-refractivity contribution is 7.99. The molecule has 1 aromatic carbocycles. The first-order chi connectivity index (χ1) is 12.8. The summed E-state index contributed by atoms with van der Waals surface area (Å²) in [5, 5.41) is 13.8. The van der Waals surface area contributed by atoms with Gasteiger partial charge in [-0.05, 0) is 19.1 Å². The van der Waals surface area contributed by atoms with Crippen LogP contribution in [-0.4, -0.2) is 24.9 Å². The number of hydrogen-bond acceptors (Lipinski definition) is 7. The Hall–Kier alpha value is -2.06. The van der Waals surface area contributed by atoms with Crippen LogP contribution in [-0.2, 0) is 19.1 Å². The molecule has 2 aromatic heterocycles. The van der Waals surface area contributed by atoms with Gasteiger partial charge in [-0.25, -0.2) is 0 Å². The highest BCUT2D eigenvalue weighted by Crippen LogP contribution is 2.34. The van der Waals surface area contributed by atoms with Crippen LogP contribution in [0.4, 0.5) is 0 Å². The largest absolute Gasteiger partial charge is 0.484 e. The molecule has 0 amide bonds. The number of nitrogens with zero attached hydrogens (tertiary/aromatic N) is 5. The number of halogens is 1. The van der Waals surface area contributed by atoms with E-state index >= 15 is 0 Å². The molecule has 0 bridgehead atoms. The van der Waals surface area contributed by atoms with E-state index in [1.54, 1.807) is 6.07 Å². The fourth-order valence-corrected chi connectivity index (χ4v) is 3.25. The van der Waals surface area contributed by atoms with Crippen LogP contribution in [0.2, 0.25) is 5.02 Å². The van der Waals surface area contributed by atoms with Gasteiger partial charge < -0.3 is 13.8 Å². The van der Waals surface area contributed by atoms with Gasteiger partial charge in [0.2, 0.25) is 5.89 Å². The Balaban J connectivity index is 1.66. The summed E-state index contributed by atoms with van der Waals surface area (Å²) in [5.74, 6) is 2.58. The van der Waals surface area contributed by atoms with Crippen LogP contribution >= 0.6 is 23.4 Å². The minimum absolute atomic E-state index is 0.0474. The molecule has 2 heterocycles. The lowest BCUT2D eigenvalue weighted by Crippen LogP contribution is -2.13. The van der Waals surface area contributed by atoms with Crippen molar-refractivity contribution in [3.63, 3.8) is 0 Å². The summed E-state index contributed by atoms with van der Waals surface area (Å²) in [6.45, 7) is 8.42. The Morgan fingerprint density at radius 3 is 2.67 bits per heavy atom. The molecule has 27 heavy (non-hydrogen) atoms. The van der Waals surface area contributed by atoms with Crippen molar-refractivity contribution in [3.8, 4) is 5.75 Å².